The number of unbranched alkanes of at least 4 members (excludes halogenated alkanes) is 2. The molecule has 7 heteroatoms. The van der Waals surface area contributed by atoms with Gasteiger partial charge in [0.15, 0.2) is 0 Å². The zero-order chi connectivity index (χ0) is 15.5. The minimum Gasteiger partial charge on any atom is -0.481 e. The van der Waals surface area contributed by atoms with Crippen molar-refractivity contribution in [3.05, 3.63) is 11.8 Å². The number of morpholine rings is 1. The highest BCUT2D eigenvalue weighted by molar-refractivity contribution is 5.97. The predicted octanol–water partition coefficient (Wildman–Crippen LogP) is 0.487. The van der Waals surface area contributed by atoms with Crippen LogP contribution in [0.3, 0.4) is 0 Å². The van der Waals surface area contributed by atoms with E-state index in [0.29, 0.717) is 45.7 Å². The number of carbonyl (C=O) groups excluding carboxylic acids is 1. The molecule has 7 nitrogen and oxygen atoms in total. The molecule has 0 atom stereocenters. The van der Waals surface area contributed by atoms with Gasteiger partial charge in [-0.25, -0.2) is 0 Å². The quantitative estimate of drug-likeness (QED) is 0.384. The molecule has 0 aliphatic carbocycles. The monoisotopic (exact) mass is 295 g/mol. The number of carboxylic acid groups (broad SMARTS) is 1. The molecule has 0 aromatic heterocycles. The van der Waals surface area contributed by atoms with Gasteiger partial charge in [0.2, 0.25) is 0 Å². The van der Waals surface area contributed by atoms with Gasteiger partial charge in [0.05, 0.1) is 13.2 Å². The van der Waals surface area contributed by atoms with Crippen molar-refractivity contribution in [1.82, 2.24) is 10.2 Å². The number of amides is 1. The Morgan fingerprint density at radius 1 is 1.29 bits per heavy atom. The smallest absolute Gasteiger partial charge is 0.303 e. The maximum absolute atomic E-state index is 11.8. The molecule has 2 N–H and O–H groups in total. The van der Waals surface area contributed by atoms with Crippen molar-refractivity contribution < 1.29 is 19.4 Å². The zero-order valence-electron chi connectivity index (χ0n) is 12.0. The summed E-state index contributed by atoms with van der Waals surface area (Å²) in [5.74, 6) is -1.19. The number of aliphatic carboxylic acids is 1. The van der Waals surface area contributed by atoms with Gasteiger partial charge in [0, 0.05) is 32.3 Å². The lowest BCUT2D eigenvalue weighted by molar-refractivity contribution is -0.137. The van der Waals surface area contributed by atoms with E-state index in [1.807, 2.05) is 11.0 Å². The number of hydrogen-bond donors (Lipinski definition) is 2. The molecule has 0 aromatic rings. The Kier molecular flexibility index (Phi) is 7.90. The Balaban J connectivity index is 2.26. The minimum absolute atomic E-state index is 0.0856. The van der Waals surface area contributed by atoms with Gasteiger partial charge in [0.25, 0.3) is 5.91 Å². The largest absolute Gasteiger partial charge is 0.481 e. The fourth-order valence-electron chi connectivity index (χ4n) is 1.90. The molecule has 0 saturated carbocycles. The van der Waals surface area contributed by atoms with Crippen LogP contribution in [0.2, 0.25) is 0 Å². The Hall–Kier alpha value is -2.07. The van der Waals surface area contributed by atoms with E-state index in [2.05, 4.69) is 5.32 Å². The van der Waals surface area contributed by atoms with Gasteiger partial charge in [-0.2, -0.15) is 5.26 Å². The standard InChI is InChI=1S/C14H21N3O4/c15-10-12(11-17-6-8-21-9-7-17)14(20)16-5-3-1-2-4-13(18)19/h11H,1-9H2,(H,16,20)(H,18,19)/b12-11-. The number of nitriles is 1. The molecule has 0 bridgehead atoms. The molecule has 116 valence electrons. The summed E-state index contributed by atoms with van der Waals surface area (Å²) in [5.41, 5.74) is 0.0856. The van der Waals surface area contributed by atoms with Gasteiger partial charge in [-0.3, -0.25) is 9.59 Å². The lowest BCUT2D eigenvalue weighted by Crippen LogP contribution is -2.34. The summed E-state index contributed by atoms with van der Waals surface area (Å²) >= 11 is 0. The van der Waals surface area contributed by atoms with E-state index in [4.69, 9.17) is 15.1 Å². The van der Waals surface area contributed by atoms with E-state index < -0.39 is 5.97 Å². The van der Waals surface area contributed by atoms with Crippen molar-refractivity contribution in [3.8, 4) is 6.07 Å². The van der Waals surface area contributed by atoms with E-state index >= 15 is 0 Å². The molecule has 1 aliphatic rings. The number of nitrogens with one attached hydrogen (secondary N) is 1. The number of rotatable bonds is 8. The fraction of sp³-hybridized carbons (Fsp3) is 0.643. The van der Waals surface area contributed by atoms with Gasteiger partial charge in [-0.05, 0) is 12.8 Å². The zero-order valence-corrected chi connectivity index (χ0v) is 12.0. The maximum Gasteiger partial charge on any atom is 0.303 e. The molecule has 1 rings (SSSR count). The Labute approximate surface area is 124 Å². The summed E-state index contributed by atoms with van der Waals surface area (Å²) in [6.07, 6.45) is 3.76. The summed E-state index contributed by atoms with van der Waals surface area (Å²) in [4.78, 5) is 24.1. The molecule has 1 heterocycles. The van der Waals surface area contributed by atoms with Crippen LogP contribution in [0.25, 0.3) is 0 Å². The van der Waals surface area contributed by atoms with Crippen molar-refractivity contribution in [2.45, 2.75) is 25.7 Å². The number of ether oxygens (including phenoxy) is 1. The molecule has 1 aliphatic heterocycles. The van der Waals surface area contributed by atoms with Crippen LogP contribution in [0.5, 0.6) is 0 Å². The molecule has 1 saturated heterocycles. The molecule has 1 amide bonds. The SMILES string of the molecule is N#C/C(=C/N1CCOCC1)C(=O)NCCCCCC(=O)O. The maximum atomic E-state index is 11.8. The molecular formula is C14H21N3O4. The lowest BCUT2D eigenvalue weighted by Gasteiger charge is -2.25. The number of nitrogens with zero attached hydrogens (tertiary/aromatic N) is 2. The second-order valence-corrected chi connectivity index (χ2v) is 4.76. The van der Waals surface area contributed by atoms with Crippen molar-refractivity contribution in [2.75, 3.05) is 32.8 Å². The molecule has 0 spiro atoms. The highest BCUT2D eigenvalue weighted by Gasteiger charge is 2.12. The van der Waals surface area contributed by atoms with E-state index in [1.54, 1.807) is 6.20 Å². The molecule has 21 heavy (non-hydrogen) atoms. The molecular weight excluding hydrogens is 274 g/mol. The van der Waals surface area contributed by atoms with Crippen molar-refractivity contribution in [3.63, 3.8) is 0 Å². The summed E-state index contributed by atoms with van der Waals surface area (Å²) in [6.45, 7) is 2.99. The Bertz CT molecular complexity index is 422. The van der Waals surface area contributed by atoms with E-state index in [0.717, 1.165) is 6.42 Å². The third-order valence-electron chi connectivity index (χ3n) is 3.08. The van der Waals surface area contributed by atoms with E-state index in [1.165, 1.54) is 0 Å². The fourth-order valence-corrected chi connectivity index (χ4v) is 1.90. The van der Waals surface area contributed by atoms with Crippen LogP contribution in [0, 0.1) is 11.3 Å². The summed E-state index contributed by atoms with van der Waals surface area (Å²) in [5, 5.41) is 20.2. The minimum atomic E-state index is -0.806. The second kappa shape index (κ2) is 9.77. The lowest BCUT2D eigenvalue weighted by atomic mass is 10.2. The van der Waals surface area contributed by atoms with Crippen molar-refractivity contribution >= 4 is 11.9 Å². The van der Waals surface area contributed by atoms with E-state index in [-0.39, 0.29) is 17.9 Å². The van der Waals surface area contributed by atoms with Crippen LogP contribution in [0.1, 0.15) is 25.7 Å². The highest BCUT2D eigenvalue weighted by Crippen LogP contribution is 2.03. The van der Waals surface area contributed by atoms with Crippen LogP contribution >= 0.6 is 0 Å². The van der Waals surface area contributed by atoms with Crippen LogP contribution < -0.4 is 5.32 Å². The second-order valence-electron chi connectivity index (χ2n) is 4.76. The van der Waals surface area contributed by atoms with Gasteiger partial charge >= 0.3 is 5.97 Å². The summed E-state index contributed by atoms with van der Waals surface area (Å²) < 4.78 is 5.20. The van der Waals surface area contributed by atoms with Crippen molar-refractivity contribution in [2.24, 2.45) is 0 Å². The van der Waals surface area contributed by atoms with Gasteiger partial charge in [0.1, 0.15) is 11.6 Å². The normalized spacial score (nSPS) is 15.4. The first kappa shape index (κ1) is 17.0. The molecule has 0 unspecified atom stereocenters. The van der Waals surface area contributed by atoms with Gasteiger partial charge < -0.3 is 20.1 Å². The Morgan fingerprint density at radius 2 is 2.00 bits per heavy atom. The van der Waals surface area contributed by atoms with Crippen molar-refractivity contribution in [1.29, 1.82) is 5.26 Å². The average molecular weight is 295 g/mol. The predicted molar refractivity (Wildman–Crippen MR) is 75.2 cm³/mol. The van der Waals surface area contributed by atoms with Crippen LogP contribution in [-0.4, -0.2) is 54.7 Å². The van der Waals surface area contributed by atoms with Crippen LogP contribution in [0.15, 0.2) is 11.8 Å². The molecule has 0 aromatic carbocycles. The van der Waals surface area contributed by atoms with Gasteiger partial charge in [-0.15, -0.1) is 0 Å². The molecule has 1 fully saturated rings. The molecule has 0 radical (unpaired) electrons. The number of carboxylic acids is 1. The summed E-state index contributed by atoms with van der Waals surface area (Å²) in [7, 11) is 0. The average Bonchev–Trinajstić information content (AvgIpc) is 2.48. The van der Waals surface area contributed by atoms with Crippen LogP contribution in [0.4, 0.5) is 0 Å². The third kappa shape index (κ3) is 7.32. The number of carbonyl (C=O) groups is 2. The first-order valence-corrected chi connectivity index (χ1v) is 7.07. The first-order chi connectivity index (χ1) is 10.1. The topological polar surface area (TPSA) is 103 Å². The van der Waals surface area contributed by atoms with Crippen LogP contribution in [-0.2, 0) is 14.3 Å². The Morgan fingerprint density at radius 3 is 2.62 bits per heavy atom. The summed E-state index contributed by atoms with van der Waals surface area (Å²) in [6, 6.07) is 1.91. The van der Waals surface area contributed by atoms with Gasteiger partial charge in [-0.1, -0.05) is 6.42 Å². The third-order valence-corrected chi connectivity index (χ3v) is 3.08. The van der Waals surface area contributed by atoms with E-state index in [9.17, 15) is 9.59 Å². The first-order valence-electron chi connectivity index (χ1n) is 7.07. The highest BCUT2D eigenvalue weighted by atomic mass is 16.5. The number of hydrogen-bond acceptors (Lipinski definition) is 5.